The standard InChI is InChI=1S/C20H14N4O.C19H20FN5O.2C19H20N6O.C19H13N5O/c1-2-5-13(6-3-1)17-12-25-18-11-14(8-9-15(17)18)22-20-16-7-4-10-21-19(16)23-24-20;1-3-4-9-19(2,20)17-13-8-7-12(11-15(13)26-25-17)22-18-16-14(23-24-18)6-5-10-21-16;1-2-10-25(9-1)11-7-15-14-6-5-13(12-17(14)26-24-15)21-19-18-16(22-23-19)4-3-8-20-18;1-2-9-25(10-3-1)12-16-14-7-6-13(11-17(14)26-24-16)21-19-18-15(22-23-19)5-4-8-20-18;1-2-4-12(5-3-1)15-11-25-16-10-13(6-7-14(15)16)22-19-17-18(23-24-19)21-9-8-20-17/h1-12H,(H2,21,22,23,24);5-8,10-11H,3-4,9H2,1-2H3,(H2,22,23,24);3-6,8,12H,1-2,7,9-11H2,(H2,21,22,23);4-8,11H,1-3,9-10,12H2,(H2,21,22,23);1-11H,(H2,21,22,23,24). The number of aromatic amines is 5. The third-order valence-electron chi connectivity index (χ3n) is 22.9. The van der Waals surface area contributed by atoms with Crippen LogP contribution in [-0.4, -0.2) is 139 Å². The number of nitrogens with zero attached hydrogens (tertiary/aromatic N) is 16. The number of hydrogen-bond donors (Lipinski definition) is 10. The molecule has 15 aromatic heterocycles. The van der Waals surface area contributed by atoms with Crippen LogP contribution in [0.25, 0.3) is 132 Å². The number of anilines is 10. The molecule has 0 spiro atoms. The first-order chi connectivity index (χ1) is 63.1. The van der Waals surface area contributed by atoms with Crippen molar-refractivity contribution in [2.75, 3.05) is 59.3 Å². The summed E-state index contributed by atoms with van der Waals surface area (Å²) in [5.41, 5.74) is 20.5. The molecule has 2 fully saturated rings. The third kappa shape index (κ3) is 17.5. The highest BCUT2D eigenvalue weighted by molar-refractivity contribution is 5.99. The van der Waals surface area contributed by atoms with E-state index in [-0.39, 0.29) is 0 Å². The van der Waals surface area contributed by atoms with Crippen molar-refractivity contribution in [1.29, 1.82) is 0 Å². The SMILES string of the molecule is CCCCC(C)(F)c1noc2cc(Nc3n[nH]c4cccnc34)ccc12.c1ccc(-c2coc3cc(Nc4[nH]nc5ncccc45)ccc23)cc1.c1ccc(-c2coc3cc(Nc4[nH]nc5nccnc45)ccc23)cc1.c1cnc2c(Nc3ccc4c(CCN5CCCC5)noc4c3)n[nH]c2c1.c1cnc2c(Nc3ccc4c(CN5CCCCC5)noc4c3)n[nH]c2c1. The van der Waals surface area contributed by atoms with Gasteiger partial charge in [-0.2, -0.15) is 25.5 Å². The monoisotopic (exact) mass is 1700 g/mol. The number of alkyl halides is 1. The lowest BCUT2D eigenvalue weighted by molar-refractivity contribution is 0.161. The quantitative estimate of drug-likeness (QED) is 0.0319. The second kappa shape index (κ2) is 36.4. The second-order valence-corrected chi connectivity index (χ2v) is 31.7. The van der Waals surface area contributed by atoms with Gasteiger partial charge in [-0.15, -0.1) is 0 Å². The number of benzene rings is 7. The van der Waals surface area contributed by atoms with Crippen LogP contribution in [0.3, 0.4) is 0 Å². The van der Waals surface area contributed by atoms with Crippen molar-refractivity contribution < 1.29 is 26.8 Å². The van der Waals surface area contributed by atoms with Gasteiger partial charge in [-0.3, -0.25) is 45.3 Å². The normalized spacial score (nSPS) is 13.5. The number of piperidine rings is 1. The molecule has 2 saturated heterocycles. The summed E-state index contributed by atoms with van der Waals surface area (Å²) in [4.78, 5) is 30.7. The van der Waals surface area contributed by atoms with Gasteiger partial charge in [0.15, 0.2) is 56.9 Å². The van der Waals surface area contributed by atoms with E-state index in [0.29, 0.717) is 63.2 Å². The number of rotatable bonds is 21. The van der Waals surface area contributed by atoms with Gasteiger partial charge in [-0.1, -0.05) is 102 Å². The van der Waals surface area contributed by atoms with E-state index in [2.05, 4.69) is 175 Å². The number of nitrogens with one attached hydrogen (secondary N) is 10. The average molecular weight is 1700 g/mol. The van der Waals surface area contributed by atoms with Crippen molar-refractivity contribution in [3.8, 4) is 22.3 Å². The fourth-order valence-corrected chi connectivity index (χ4v) is 16.2. The third-order valence-corrected chi connectivity index (χ3v) is 22.9. The first-order valence-electron chi connectivity index (χ1n) is 42.7. The van der Waals surface area contributed by atoms with Crippen LogP contribution in [0.2, 0.25) is 0 Å². The molecule has 10 N–H and O–H groups in total. The van der Waals surface area contributed by atoms with Gasteiger partial charge in [-0.05, 0) is 186 Å². The molecule has 638 valence electrons. The topological polar surface area (TPSA) is 392 Å². The van der Waals surface area contributed by atoms with Gasteiger partial charge in [0.25, 0.3) is 0 Å². The van der Waals surface area contributed by atoms with E-state index in [4.69, 9.17) is 22.4 Å². The summed E-state index contributed by atoms with van der Waals surface area (Å²) < 4.78 is 43.0. The number of pyridine rings is 4. The Labute approximate surface area is 729 Å². The van der Waals surface area contributed by atoms with E-state index in [1.165, 1.54) is 45.2 Å². The number of H-pyrrole nitrogens is 5. The van der Waals surface area contributed by atoms with Gasteiger partial charge < -0.3 is 53.9 Å². The van der Waals surface area contributed by atoms with E-state index < -0.39 is 5.67 Å². The van der Waals surface area contributed by atoms with E-state index >= 15 is 0 Å². The Hall–Kier alpha value is -16.1. The van der Waals surface area contributed by atoms with Crippen LogP contribution in [0, 0.1) is 0 Å². The van der Waals surface area contributed by atoms with E-state index in [1.807, 2.05) is 159 Å². The minimum atomic E-state index is -1.50. The van der Waals surface area contributed by atoms with Gasteiger partial charge in [0, 0.05) is 154 Å². The van der Waals surface area contributed by atoms with Gasteiger partial charge in [0.05, 0.1) is 40.2 Å². The molecule has 2 aliphatic rings. The van der Waals surface area contributed by atoms with Crippen molar-refractivity contribution >= 4 is 168 Å². The largest absolute Gasteiger partial charge is 0.464 e. The lowest BCUT2D eigenvalue weighted by Crippen LogP contribution is -2.29. The molecule has 7 aromatic carbocycles. The highest BCUT2D eigenvalue weighted by Crippen LogP contribution is 2.40. The predicted octanol–water partition coefficient (Wildman–Crippen LogP) is 22.2. The maximum Gasteiger partial charge on any atom is 0.201 e. The lowest BCUT2D eigenvalue weighted by atomic mass is 9.95. The summed E-state index contributed by atoms with van der Waals surface area (Å²) in [6.45, 7) is 10.2. The Morgan fingerprint density at radius 1 is 0.383 bits per heavy atom. The molecule has 0 bridgehead atoms. The summed E-state index contributed by atoms with van der Waals surface area (Å²) in [5.74, 6) is 3.55. The van der Waals surface area contributed by atoms with Gasteiger partial charge in [0.1, 0.15) is 44.9 Å². The molecule has 0 radical (unpaired) electrons. The van der Waals surface area contributed by atoms with Crippen molar-refractivity contribution in [3.05, 3.63) is 267 Å². The van der Waals surface area contributed by atoms with E-state index in [1.54, 1.807) is 62.7 Å². The number of halogens is 1. The molecule has 24 rings (SSSR count). The van der Waals surface area contributed by atoms with Crippen molar-refractivity contribution in [2.45, 2.75) is 83.8 Å². The molecule has 0 aliphatic carbocycles. The smallest absolute Gasteiger partial charge is 0.201 e. The van der Waals surface area contributed by atoms with Gasteiger partial charge >= 0.3 is 0 Å². The second-order valence-electron chi connectivity index (χ2n) is 31.7. The first kappa shape index (κ1) is 80.3. The number of aromatic nitrogens is 19. The van der Waals surface area contributed by atoms with Crippen molar-refractivity contribution in [1.82, 2.24) is 106 Å². The summed E-state index contributed by atoms with van der Waals surface area (Å²) in [7, 11) is 0. The van der Waals surface area contributed by atoms with Crippen LogP contribution >= 0.6 is 0 Å². The van der Waals surface area contributed by atoms with Crippen molar-refractivity contribution in [2.24, 2.45) is 0 Å². The number of likely N-dealkylation sites (tertiary alicyclic amines) is 2. The van der Waals surface area contributed by atoms with Crippen molar-refractivity contribution in [3.63, 3.8) is 0 Å². The van der Waals surface area contributed by atoms with Gasteiger partial charge in [-0.25, -0.2) is 19.3 Å². The molecule has 22 aromatic rings. The first-order valence-corrected chi connectivity index (χ1v) is 42.7. The van der Waals surface area contributed by atoms with Crippen LogP contribution in [0.5, 0.6) is 0 Å². The molecule has 31 nitrogen and oxygen atoms in total. The molecule has 17 heterocycles. The number of fused-ring (bicyclic) bond motifs is 10. The Morgan fingerprint density at radius 2 is 0.820 bits per heavy atom. The van der Waals surface area contributed by atoms with Crippen LogP contribution < -0.4 is 26.6 Å². The summed E-state index contributed by atoms with van der Waals surface area (Å²) in [6.07, 6.45) is 23.4. The average Bonchev–Trinajstić information content (AvgIpc) is 1.61. The molecular weight excluding hydrogens is 1620 g/mol. The molecule has 128 heavy (non-hydrogen) atoms. The molecule has 2 aliphatic heterocycles. The molecule has 0 amide bonds. The summed E-state index contributed by atoms with van der Waals surface area (Å²) in [5, 5.41) is 71.0. The van der Waals surface area contributed by atoms with Crippen LogP contribution in [0.4, 0.5) is 61.9 Å². The predicted molar refractivity (Wildman–Crippen MR) is 495 cm³/mol. The van der Waals surface area contributed by atoms with Crippen LogP contribution in [0.1, 0.15) is 82.3 Å². The Kier molecular flexibility index (Phi) is 22.8. The molecule has 32 heteroatoms. The minimum absolute atomic E-state index is 0.361. The lowest BCUT2D eigenvalue weighted by Gasteiger charge is -2.25. The minimum Gasteiger partial charge on any atom is -0.464 e. The Morgan fingerprint density at radius 3 is 1.39 bits per heavy atom. The molecule has 0 saturated carbocycles. The highest BCUT2D eigenvalue weighted by atomic mass is 19.1. The van der Waals surface area contributed by atoms with Gasteiger partial charge in [0.2, 0.25) is 5.65 Å². The van der Waals surface area contributed by atoms with E-state index in [0.717, 1.165) is 196 Å². The molecule has 1 atom stereocenters. The number of furan rings is 2. The Balaban J connectivity index is 0.000000100. The Bertz CT molecular complexity index is 7370. The zero-order valence-electron chi connectivity index (χ0n) is 69.9. The molecule has 1 unspecified atom stereocenters. The van der Waals surface area contributed by atoms with Crippen LogP contribution in [0.15, 0.2) is 272 Å². The van der Waals surface area contributed by atoms with Crippen LogP contribution in [-0.2, 0) is 18.6 Å². The number of hydrogen-bond acceptors (Lipinski definition) is 26. The highest BCUT2D eigenvalue weighted by Gasteiger charge is 2.32. The fourth-order valence-electron chi connectivity index (χ4n) is 16.2. The number of unbranched alkanes of at least 4 members (excludes halogenated alkanes) is 1. The zero-order chi connectivity index (χ0) is 86.1. The van der Waals surface area contributed by atoms with E-state index in [9.17, 15) is 4.39 Å². The maximum absolute atomic E-state index is 15.0. The maximum atomic E-state index is 15.0. The molecular formula is C96H87FN26O5. The fraction of sp³-hybridized carbons (Fsp3) is 0.188. The summed E-state index contributed by atoms with van der Waals surface area (Å²) in [6, 6.07) is 65.5. The summed E-state index contributed by atoms with van der Waals surface area (Å²) >= 11 is 0. The zero-order valence-corrected chi connectivity index (χ0v) is 69.9.